The molecule has 84 valence electrons. The number of hydrogen-bond donors (Lipinski definition) is 0. The van der Waals surface area contributed by atoms with E-state index in [-0.39, 0.29) is 5.71 Å². The predicted molar refractivity (Wildman–Crippen MR) is 60.5 cm³/mol. The summed E-state index contributed by atoms with van der Waals surface area (Å²) in [5, 5.41) is 12.5. The summed E-state index contributed by atoms with van der Waals surface area (Å²) >= 11 is 0. The summed E-state index contributed by atoms with van der Waals surface area (Å²) in [6.45, 7) is 5.49. The molecule has 0 aliphatic rings. The lowest BCUT2D eigenvalue weighted by molar-refractivity contribution is -0.349. The maximum Gasteiger partial charge on any atom is 0.190 e. The molecule has 4 heteroatoms. The highest BCUT2D eigenvalue weighted by Gasteiger charge is 2.12. The first-order valence-electron chi connectivity index (χ1n) is 4.91. The normalized spacial score (nSPS) is 12.0. The maximum absolute atomic E-state index is 8.89. The lowest BCUT2D eigenvalue weighted by atomic mass is 10.1. The molecule has 0 saturated heterocycles. The topological polar surface area (TPSA) is 54.6 Å². The largest absolute Gasteiger partial charge is 0.219 e. The molecule has 0 bridgehead atoms. The summed E-state index contributed by atoms with van der Waals surface area (Å²) in [5.41, 5.74) is 0.424. The van der Waals surface area contributed by atoms with Crippen LogP contribution in [0.15, 0.2) is 35.5 Å². The highest BCUT2D eigenvalue weighted by atomic mass is 17.3. The van der Waals surface area contributed by atoms with E-state index in [0.717, 1.165) is 0 Å². The molecule has 0 amide bonds. The van der Waals surface area contributed by atoms with Crippen molar-refractivity contribution in [2.75, 3.05) is 0 Å². The molecule has 0 radical (unpaired) electrons. The highest BCUT2D eigenvalue weighted by molar-refractivity contribution is 6.11. The van der Waals surface area contributed by atoms with E-state index in [0.29, 0.717) is 5.56 Å². The number of benzene rings is 1. The van der Waals surface area contributed by atoms with Crippen LogP contribution in [-0.2, 0) is 9.88 Å². The van der Waals surface area contributed by atoms with Crippen molar-refractivity contribution in [3.63, 3.8) is 0 Å². The summed E-state index contributed by atoms with van der Waals surface area (Å²) in [4.78, 5) is 9.62. The van der Waals surface area contributed by atoms with Gasteiger partial charge in [-0.1, -0.05) is 30.3 Å². The SMILES string of the molecule is CC(C)(C)OON=C(C#N)c1ccccc1. The Bertz CT molecular complexity index is 399. The zero-order valence-corrected chi connectivity index (χ0v) is 9.60. The minimum atomic E-state index is -0.458. The Kier molecular flexibility index (Phi) is 4.03. The van der Waals surface area contributed by atoms with E-state index in [1.165, 1.54) is 0 Å². The van der Waals surface area contributed by atoms with Gasteiger partial charge in [0, 0.05) is 5.56 Å². The van der Waals surface area contributed by atoms with E-state index in [1.807, 2.05) is 45.0 Å². The molecule has 4 nitrogen and oxygen atoms in total. The first-order valence-corrected chi connectivity index (χ1v) is 4.91. The Balaban J connectivity index is 2.70. The van der Waals surface area contributed by atoms with E-state index >= 15 is 0 Å². The average molecular weight is 218 g/mol. The predicted octanol–water partition coefficient (Wildman–Crippen LogP) is 2.66. The van der Waals surface area contributed by atoms with E-state index in [9.17, 15) is 0 Å². The van der Waals surface area contributed by atoms with Crippen molar-refractivity contribution in [2.24, 2.45) is 5.16 Å². The Labute approximate surface area is 95.0 Å². The summed E-state index contributed by atoms with van der Waals surface area (Å²) in [7, 11) is 0. The summed E-state index contributed by atoms with van der Waals surface area (Å²) in [6.07, 6.45) is 0. The molecule has 0 aromatic heterocycles. The van der Waals surface area contributed by atoms with Crippen LogP contribution in [0.5, 0.6) is 0 Å². The monoisotopic (exact) mass is 218 g/mol. The van der Waals surface area contributed by atoms with Crippen LogP contribution in [0.2, 0.25) is 0 Å². The standard InChI is InChI=1S/C12H14N2O2/c1-12(2,3)15-16-14-11(9-13)10-7-5-4-6-8-10/h4-8H,1-3H3. The smallest absolute Gasteiger partial charge is 0.190 e. The van der Waals surface area contributed by atoms with E-state index in [2.05, 4.69) is 10.1 Å². The maximum atomic E-state index is 8.89. The van der Waals surface area contributed by atoms with Crippen LogP contribution in [-0.4, -0.2) is 11.3 Å². The molecular weight excluding hydrogens is 204 g/mol. The van der Waals surface area contributed by atoms with Gasteiger partial charge in [-0.25, -0.2) is 4.99 Å². The van der Waals surface area contributed by atoms with Gasteiger partial charge in [0.05, 0.1) is 0 Å². The molecule has 0 heterocycles. The third-order valence-corrected chi connectivity index (χ3v) is 1.57. The number of oxime groups is 1. The Hall–Kier alpha value is -1.86. The second-order valence-corrected chi connectivity index (χ2v) is 4.19. The fourth-order valence-electron chi connectivity index (χ4n) is 0.901. The van der Waals surface area contributed by atoms with Crippen molar-refractivity contribution in [3.8, 4) is 6.07 Å². The van der Waals surface area contributed by atoms with Gasteiger partial charge in [-0.3, -0.25) is 0 Å². The lowest BCUT2D eigenvalue weighted by Gasteiger charge is -2.14. The summed E-state index contributed by atoms with van der Waals surface area (Å²) in [6, 6.07) is 11.0. The van der Waals surface area contributed by atoms with Gasteiger partial charge < -0.3 is 0 Å². The molecule has 0 N–H and O–H groups in total. The van der Waals surface area contributed by atoms with E-state index in [4.69, 9.17) is 10.1 Å². The third kappa shape index (κ3) is 4.11. The van der Waals surface area contributed by atoms with Crippen LogP contribution in [0.25, 0.3) is 0 Å². The highest BCUT2D eigenvalue weighted by Crippen LogP contribution is 2.08. The van der Waals surface area contributed by atoms with Crippen molar-refractivity contribution in [3.05, 3.63) is 35.9 Å². The number of nitrogens with zero attached hydrogens (tertiary/aromatic N) is 2. The van der Waals surface area contributed by atoms with Crippen molar-refractivity contribution in [1.29, 1.82) is 5.26 Å². The first-order chi connectivity index (χ1) is 7.53. The van der Waals surface area contributed by atoms with Crippen LogP contribution in [0.1, 0.15) is 26.3 Å². The van der Waals surface area contributed by atoms with Crippen molar-refractivity contribution in [2.45, 2.75) is 26.4 Å². The fourth-order valence-corrected chi connectivity index (χ4v) is 0.901. The van der Waals surface area contributed by atoms with Gasteiger partial charge in [0.15, 0.2) is 5.71 Å². The minimum Gasteiger partial charge on any atom is -0.219 e. The van der Waals surface area contributed by atoms with Gasteiger partial charge >= 0.3 is 0 Å². The quantitative estimate of drug-likeness (QED) is 0.445. The van der Waals surface area contributed by atoms with Crippen molar-refractivity contribution in [1.82, 2.24) is 0 Å². The molecule has 0 aliphatic heterocycles. The molecule has 0 unspecified atom stereocenters. The molecule has 0 spiro atoms. The van der Waals surface area contributed by atoms with Crippen molar-refractivity contribution >= 4 is 5.71 Å². The summed E-state index contributed by atoms with van der Waals surface area (Å²) < 4.78 is 0. The Morgan fingerprint density at radius 1 is 1.25 bits per heavy atom. The van der Waals surface area contributed by atoms with E-state index < -0.39 is 5.60 Å². The van der Waals surface area contributed by atoms with Crippen molar-refractivity contribution < 1.29 is 9.88 Å². The van der Waals surface area contributed by atoms with Gasteiger partial charge in [-0.05, 0) is 25.9 Å². The van der Waals surface area contributed by atoms with Crippen LogP contribution in [0.3, 0.4) is 0 Å². The second-order valence-electron chi connectivity index (χ2n) is 4.19. The zero-order chi connectivity index (χ0) is 12.0. The van der Waals surface area contributed by atoms with Crippen LogP contribution in [0.4, 0.5) is 0 Å². The molecule has 1 aromatic carbocycles. The van der Waals surface area contributed by atoms with Crippen LogP contribution in [0, 0.1) is 11.3 Å². The zero-order valence-electron chi connectivity index (χ0n) is 9.60. The number of rotatable bonds is 3. The molecule has 16 heavy (non-hydrogen) atoms. The second kappa shape index (κ2) is 5.29. The first kappa shape index (κ1) is 12.2. The Morgan fingerprint density at radius 3 is 2.38 bits per heavy atom. The average Bonchev–Trinajstić information content (AvgIpc) is 2.24. The molecular formula is C12H14N2O2. The molecule has 0 atom stereocenters. The fraction of sp³-hybridized carbons (Fsp3) is 0.333. The van der Waals surface area contributed by atoms with Crippen LogP contribution < -0.4 is 0 Å². The third-order valence-electron chi connectivity index (χ3n) is 1.57. The molecule has 1 rings (SSSR count). The molecule has 0 saturated carbocycles. The van der Waals surface area contributed by atoms with Gasteiger partial charge in [0.2, 0.25) is 0 Å². The molecule has 1 aromatic rings. The van der Waals surface area contributed by atoms with Gasteiger partial charge in [-0.15, -0.1) is 0 Å². The minimum absolute atomic E-state index is 0.185. The number of hydrogen-bond acceptors (Lipinski definition) is 4. The summed E-state index contributed by atoms with van der Waals surface area (Å²) in [5.74, 6) is 0. The molecule has 0 fully saturated rings. The van der Waals surface area contributed by atoms with E-state index in [1.54, 1.807) is 12.1 Å². The van der Waals surface area contributed by atoms with Crippen LogP contribution >= 0.6 is 0 Å². The van der Waals surface area contributed by atoms with Gasteiger partial charge in [0.25, 0.3) is 0 Å². The van der Waals surface area contributed by atoms with Gasteiger partial charge in [0.1, 0.15) is 11.7 Å². The Morgan fingerprint density at radius 2 is 1.88 bits per heavy atom. The number of nitriles is 1. The molecule has 0 aliphatic carbocycles. The lowest BCUT2D eigenvalue weighted by Crippen LogP contribution is -2.18. The van der Waals surface area contributed by atoms with Gasteiger partial charge in [-0.2, -0.15) is 10.1 Å².